The van der Waals surface area contributed by atoms with E-state index >= 15 is 0 Å². The average Bonchev–Trinajstić information content (AvgIpc) is 2.02. The van der Waals surface area contributed by atoms with Crippen molar-refractivity contribution < 1.29 is 0 Å². The minimum absolute atomic E-state index is 0.496. The highest BCUT2D eigenvalue weighted by atomic mass is 14.9. The molecule has 0 spiro atoms. The minimum atomic E-state index is 0.496. The van der Waals surface area contributed by atoms with Gasteiger partial charge in [0.2, 0.25) is 0 Å². The maximum absolute atomic E-state index is 3.76. The van der Waals surface area contributed by atoms with Crippen LogP contribution < -0.4 is 5.32 Å². The van der Waals surface area contributed by atoms with Crippen molar-refractivity contribution in [3.63, 3.8) is 0 Å². The molecule has 0 aliphatic rings. The minimum Gasteiger partial charge on any atom is -0.383 e. The van der Waals surface area contributed by atoms with Crippen molar-refractivity contribution in [3.8, 4) is 0 Å². The molecule has 0 aliphatic carbocycles. The maximum Gasteiger partial charge on any atom is 0.0295 e. The van der Waals surface area contributed by atoms with Crippen LogP contribution in [0.2, 0.25) is 0 Å². The molecule has 0 unspecified atom stereocenters. The molecule has 1 nitrogen and oxygen atoms in total. The van der Waals surface area contributed by atoms with Crippen LogP contribution in [-0.2, 0) is 0 Å². The lowest BCUT2D eigenvalue weighted by Gasteiger charge is -2.10. The predicted octanol–water partition coefficient (Wildman–Crippen LogP) is 3.24. The Bertz CT molecular complexity index is 145. The van der Waals surface area contributed by atoms with Crippen LogP contribution in [0.4, 0.5) is 0 Å². The fraction of sp³-hybridized carbons (Fsp3) is 0.636. The summed E-state index contributed by atoms with van der Waals surface area (Å²) in [6.45, 7) is 10.2. The zero-order valence-corrected chi connectivity index (χ0v) is 8.56. The highest BCUT2D eigenvalue weighted by molar-refractivity contribution is 5.14. The Morgan fingerprint density at radius 3 is 2.58 bits per heavy atom. The van der Waals surface area contributed by atoms with Crippen molar-refractivity contribution in [3.05, 3.63) is 24.4 Å². The van der Waals surface area contributed by atoms with Crippen LogP contribution in [0.3, 0.4) is 0 Å². The molecule has 0 heterocycles. The van der Waals surface area contributed by atoms with E-state index in [1.807, 2.05) is 6.08 Å². The van der Waals surface area contributed by atoms with Gasteiger partial charge >= 0.3 is 0 Å². The molecule has 12 heavy (non-hydrogen) atoms. The number of nitrogens with one attached hydrogen (secondary N) is 1. The Labute approximate surface area is 76.6 Å². The number of rotatable bonds is 6. The summed E-state index contributed by atoms with van der Waals surface area (Å²) in [5.41, 5.74) is 1.17. The van der Waals surface area contributed by atoms with E-state index in [0.29, 0.717) is 6.04 Å². The Morgan fingerprint density at radius 1 is 1.50 bits per heavy atom. The van der Waals surface area contributed by atoms with Gasteiger partial charge in [-0.3, -0.25) is 0 Å². The largest absolute Gasteiger partial charge is 0.383 e. The van der Waals surface area contributed by atoms with Gasteiger partial charge in [-0.15, -0.1) is 0 Å². The van der Waals surface area contributed by atoms with Crippen LogP contribution in [0.25, 0.3) is 0 Å². The second kappa shape index (κ2) is 6.96. The van der Waals surface area contributed by atoms with E-state index in [9.17, 15) is 0 Å². The molecule has 1 N–H and O–H groups in total. The topological polar surface area (TPSA) is 12.0 Å². The van der Waals surface area contributed by atoms with Crippen molar-refractivity contribution in [2.24, 2.45) is 0 Å². The zero-order chi connectivity index (χ0) is 9.40. The van der Waals surface area contributed by atoms with E-state index < -0.39 is 0 Å². The first-order chi connectivity index (χ1) is 5.70. The molecule has 0 fully saturated rings. The van der Waals surface area contributed by atoms with E-state index in [2.05, 4.69) is 38.7 Å². The summed E-state index contributed by atoms with van der Waals surface area (Å²) in [6, 6.07) is 0.496. The maximum atomic E-state index is 3.76. The van der Waals surface area contributed by atoms with Crippen molar-refractivity contribution in [1.29, 1.82) is 0 Å². The molecule has 1 heteroatoms. The smallest absolute Gasteiger partial charge is 0.0295 e. The molecule has 0 saturated heterocycles. The first-order valence-corrected chi connectivity index (χ1v) is 4.79. The number of unbranched alkanes of at least 4 members (excludes halogenated alkanes) is 2. The second-order valence-electron chi connectivity index (χ2n) is 3.30. The highest BCUT2D eigenvalue weighted by Crippen LogP contribution is 2.00. The van der Waals surface area contributed by atoms with E-state index in [-0.39, 0.29) is 0 Å². The van der Waals surface area contributed by atoms with Crippen LogP contribution in [0.5, 0.6) is 0 Å². The van der Waals surface area contributed by atoms with Crippen molar-refractivity contribution in [2.45, 2.75) is 46.1 Å². The highest BCUT2D eigenvalue weighted by Gasteiger charge is 1.92. The molecular formula is C11H21N. The Hall–Kier alpha value is -0.720. The van der Waals surface area contributed by atoms with Gasteiger partial charge in [0, 0.05) is 11.7 Å². The summed E-state index contributed by atoms with van der Waals surface area (Å²) >= 11 is 0. The van der Waals surface area contributed by atoms with Gasteiger partial charge in [-0.05, 0) is 26.3 Å². The van der Waals surface area contributed by atoms with Crippen LogP contribution in [0.1, 0.15) is 40.0 Å². The average molecular weight is 167 g/mol. The molecular weight excluding hydrogens is 146 g/mol. The van der Waals surface area contributed by atoms with Gasteiger partial charge in [0.15, 0.2) is 0 Å². The molecule has 0 aromatic heterocycles. The van der Waals surface area contributed by atoms with E-state index in [1.165, 1.54) is 18.5 Å². The fourth-order valence-corrected chi connectivity index (χ4v) is 0.996. The first-order valence-electron chi connectivity index (χ1n) is 4.79. The van der Waals surface area contributed by atoms with Gasteiger partial charge in [-0.2, -0.15) is 0 Å². The zero-order valence-electron chi connectivity index (χ0n) is 8.56. The Morgan fingerprint density at radius 2 is 2.17 bits per heavy atom. The summed E-state index contributed by atoms with van der Waals surface area (Å²) in [5, 5.41) is 3.33. The standard InChI is InChI=1S/C11H21N/c1-5-7-8-9-11(6-2)12-10(3)4/h6,9-10,12H,2,5,7-8H2,1,3-4H3/b11-9+. The SMILES string of the molecule is C=C/C(=C\CCCC)NC(C)C. The molecule has 0 atom stereocenters. The molecule has 0 bridgehead atoms. The third-order valence-electron chi connectivity index (χ3n) is 1.60. The molecule has 0 amide bonds. The molecule has 0 aromatic carbocycles. The Balaban J connectivity index is 3.78. The van der Waals surface area contributed by atoms with Gasteiger partial charge in [-0.25, -0.2) is 0 Å². The van der Waals surface area contributed by atoms with Crippen molar-refractivity contribution >= 4 is 0 Å². The molecule has 0 aliphatic heterocycles. The summed E-state index contributed by atoms with van der Waals surface area (Å²) in [7, 11) is 0. The lowest BCUT2D eigenvalue weighted by Crippen LogP contribution is -2.20. The van der Waals surface area contributed by atoms with E-state index in [1.54, 1.807) is 0 Å². The lowest BCUT2D eigenvalue weighted by molar-refractivity contribution is 0.675. The second-order valence-corrected chi connectivity index (χ2v) is 3.30. The van der Waals surface area contributed by atoms with Gasteiger partial charge in [0.1, 0.15) is 0 Å². The van der Waals surface area contributed by atoms with Gasteiger partial charge in [0.05, 0.1) is 0 Å². The lowest BCUT2D eigenvalue weighted by atomic mass is 10.2. The number of hydrogen-bond acceptors (Lipinski definition) is 1. The van der Waals surface area contributed by atoms with Crippen LogP contribution in [0, 0.1) is 0 Å². The number of hydrogen-bond donors (Lipinski definition) is 1. The van der Waals surface area contributed by atoms with Crippen molar-refractivity contribution in [2.75, 3.05) is 0 Å². The van der Waals surface area contributed by atoms with Crippen LogP contribution in [0.15, 0.2) is 24.4 Å². The fourth-order valence-electron chi connectivity index (χ4n) is 0.996. The monoisotopic (exact) mass is 167 g/mol. The number of allylic oxidation sites excluding steroid dienone is 2. The van der Waals surface area contributed by atoms with E-state index in [4.69, 9.17) is 0 Å². The third kappa shape index (κ3) is 6.02. The molecule has 70 valence electrons. The van der Waals surface area contributed by atoms with Gasteiger partial charge in [0.25, 0.3) is 0 Å². The third-order valence-corrected chi connectivity index (χ3v) is 1.60. The Kier molecular flexibility index (Phi) is 6.54. The van der Waals surface area contributed by atoms with Crippen LogP contribution >= 0.6 is 0 Å². The summed E-state index contributed by atoms with van der Waals surface area (Å²) in [5.74, 6) is 0. The quantitative estimate of drug-likeness (QED) is 0.473. The summed E-state index contributed by atoms with van der Waals surface area (Å²) in [4.78, 5) is 0. The molecule has 0 rings (SSSR count). The predicted molar refractivity (Wildman–Crippen MR) is 56.1 cm³/mol. The summed E-state index contributed by atoms with van der Waals surface area (Å²) in [6.07, 6.45) is 7.77. The van der Waals surface area contributed by atoms with E-state index in [0.717, 1.165) is 6.42 Å². The first kappa shape index (κ1) is 11.3. The van der Waals surface area contributed by atoms with Crippen LogP contribution in [-0.4, -0.2) is 6.04 Å². The summed E-state index contributed by atoms with van der Waals surface area (Å²) < 4.78 is 0. The molecule has 0 aromatic rings. The van der Waals surface area contributed by atoms with Gasteiger partial charge in [-0.1, -0.05) is 32.4 Å². The molecule has 0 radical (unpaired) electrons. The van der Waals surface area contributed by atoms with Gasteiger partial charge < -0.3 is 5.32 Å². The molecule has 0 saturated carbocycles. The van der Waals surface area contributed by atoms with Crippen molar-refractivity contribution in [1.82, 2.24) is 5.32 Å². The normalized spacial score (nSPS) is 11.8.